The predicted octanol–water partition coefficient (Wildman–Crippen LogP) is 4.31. The van der Waals surface area contributed by atoms with Gasteiger partial charge in [-0.1, -0.05) is 32.9 Å². The predicted molar refractivity (Wildman–Crippen MR) is 123 cm³/mol. The van der Waals surface area contributed by atoms with Crippen LogP contribution >= 0.6 is 12.4 Å². The fourth-order valence-electron chi connectivity index (χ4n) is 9.36. The third-order valence-electron chi connectivity index (χ3n) is 11.1. The molecule has 0 amide bonds. The molecule has 6 rings (SSSR count). The number of aliphatic hydroxyl groups is 1. The Kier molecular flexibility index (Phi) is 5.12. The van der Waals surface area contributed by atoms with Gasteiger partial charge in [0.2, 0.25) is 0 Å². The summed E-state index contributed by atoms with van der Waals surface area (Å²) < 4.78 is 6.78. The van der Waals surface area contributed by atoms with Gasteiger partial charge in [0.15, 0.2) is 0 Å². The smallest absolute Gasteiger partial charge is 0.141 e. The number of ether oxygens (including phenoxy) is 1. The maximum absolute atomic E-state index is 10.7. The number of nitrogens with zero attached hydrogens (tertiary/aromatic N) is 1. The molecule has 2 heterocycles. The summed E-state index contributed by atoms with van der Waals surface area (Å²) in [7, 11) is 0. The first kappa shape index (κ1) is 22.4. The minimum absolute atomic E-state index is 0. The van der Waals surface area contributed by atoms with E-state index in [-0.39, 0.29) is 46.5 Å². The summed E-state index contributed by atoms with van der Waals surface area (Å²) >= 11 is 0. The Labute approximate surface area is 193 Å². The van der Waals surface area contributed by atoms with Crippen LogP contribution in [0.3, 0.4) is 0 Å². The maximum atomic E-state index is 10.7. The number of aliphatic hydroxyl groups excluding tert-OH is 1. The van der Waals surface area contributed by atoms with Gasteiger partial charge in [-0.3, -0.25) is 0 Å². The summed E-state index contributed by atoms with van der Waals surface area (Å²) in [6.07, 6.45) is 9.49. The molecule has 2 N–H and O–H groups in total. The Morgan fingerprint density at radius 1 is 1.06 bits per heavy atom. The van der Waals surface area contributed by atoms with Gasteiger partial charge in [0.25, 0.3) is 0 Å². The summed E-state index contributed by atoms with van der Waals surface area (Å²) in [5.41, 5.74) is 1.38. The van der Waals surface area contributed by atoms with Crippen molar-refractivity contribution in [1.82, 2.24) is 5.32 Å². The molecule has 5 nitrogen and oxygen atoms in total. The van der Waals surface area contributed by atoms with Gasteiger partial charge in [0.1, 0.15) is 11.7 Å². The van der Waals surface area contributed by atoms with Crippen molar-refractivity contribution in [1.29, 1.82) is 0 Å². The highest BCUT2D eigenvalue weighted by atomic mass is 35.5. The lowest BCUT2D eigenvalue weighted by Crippen LogP contribution is -2.64. The number of hydrogen-bond acceptors (Lipinski definition) is 5. The molecule has 0 bridgehead atoms. The van der Waals surface area contributed by atoms with Crippen LogP contribution in [0.2, 0.25) is 0 Å². The van der Waals surface area contributed by atoms with E-state index in [1.165, 1.54) is 31.4 Å². The molecule has 4 aliphatic carbocycles. The van der Waals surface area contributed by atoms with E-state index in [4.69, 9.17) is 14.7 Å². The summed E-state index contributed by atoms with van der Waals surface area (Å²) in [5.74, 6) is 2.09. The molecule has 6 aliphatic rings. The molecule has 1 spiro atoms. The van der Waals surface area contributed by atoms with Crippen LogP contribution < -0.4 is 5.32 Å². The van der Waals surface area contributed by atoms with Crippen LogP contribution in [0.5, 0.6) is 0 Å². The van der Waals surface area contributed by atoms with Crippen molar-refractivity contribution in [2.75, 3.05) is 13.1 Å². The van der Waals surface area contributed by atoms with Crippen LogP contribution in [0.1, 0.15) is 79.1 Å². The van der Waals surface area contributed by atoms with Crippen LogP contribution in [0.4, 0.5) is 0 Å². The highest BCUT2D eigenvalue weighted by Crippen LogP contribution is 2.76. The molecular weight excluding hydrogens is 412 g/mol. The molecule has 0 aromatic rings. The van der Waals surface area contributed by atoms with Crippen molar-refractivity contribution in [3.8, 4) is 0 Å². The van der Waals surface area contributed by atoms with Crippen LogP contribution in [0.15, 0.2) is 5.16 Å². The van der Waals surface area contributed by atoms with Gasteiger partial charge in [0.05, 0.1) is 17.9 Å². The van der Waals surface area contributed by atoms with Crippen molar-refractivity contribution < 1.29 is 14.7 Å². The zero-order chi connectivity index (χ0) is 20.9. The normalized spacial score (nSPS) is 55.5. The van der Waals surface area contributed by atoms with Crippen molar-refractivity contribution in [3.05, 3.63) is 0 Å². The molecule has 2 aliphatic heterocycles. The Balaban J connectivity index is 0.00000204. The molecular formula is C25H41ClN2O3. The SMILES string of the molecule is CC1(C)/C(=N\O[C@@H]2CCNC2)CC[C@]2(C)[C@H]3CC[C@]4(C)[C@@H](O)CC[C@H]4[C@@H]3C[C@@H]3O[C@]312.Cl. The molecule has 0 unspecified atom stereocenters. The van der Waals surface area contributed by atoms with Crippen molar-refractivity contribution in [3.63, 3.8) is 0 Å². The lowest BCUT2D eigenvalue weighted by atomic mass is 9.41. The van der Waals surface area contributed by atoms with Gasteiger partial charge in [0, 0.05) is 23.8 Å². The van der Waals surface area contributed by atoms with Crippen LogP contribution in [-0.2, 0) is 9.57 Å². The second-order valence-electron chi connectivity index (χ2n) is 12.4. The third kappa shape index (κ3) is 2.70. The number of rotatable bonds is 2. The molecule has 6 heteroatoms. The number of hydrogen-bond donors (Lipinski definition) is 2. The fraction of sp³-hybridized carbons (Fsp3) is 0.960. The number of epoxide rings is 1. The minimum atomic E-state index is -0.105. The average Bonchev–Trinajstić information content (AvgIpc) is 3.08. The molecule has 0 radical (unpaired) electrons. The number of fused-ring (bicyclic) bond motifs is 4. The molecule has 9 atom stereocenters. The number of halogens is 1. The summed E-state index contributed by atoms with van der Waals surface area (Å²) in [5, 5.41) is 18.9. The Morgan fingerprint density at radius 3 is 2.61 bits per heavy atom. The Hall–Kier alpha value is -0.360. The minimum Gasteiger partial charge on any atom is -0.393 e. The number of oxime groups is 1. The third-order valence-corrected chi connectivity index (χ3v) is 11.1. The first-order valence-corrected chi connectivity index (χ1v) is 12.5. The highest BCUT2D eigenvalue weighted by Gasteiger charge is 2.81. The fourth-order valence-corrected chi connectivity index (χ4v) is 9.36. The average molecular weight is 453 g/mol. The molecule has 6 fully saturated rings. The van der Waals surface area contributed by atoms with Gasteiger partial charge in [-0.2, -0.15) is 0 Å². The van der Waals surface area contributed by atoms with Crippen LogP contribution in [-0.4, -0.2) is 47.8 Å². The van der Waals surface area contributed by atoms with E-state index in [0.29, 0.717) is 23.9 Å². The maximum Gasteiger partial charge on any atom is 0.141 e. The molecule has 4 saturated carbocycles. The second-order valence-corrected chi connectivity index (χ2v) is 12.4. The van der Waals surface area contributed by atoms with Gasteiger partial charge in [-0.05, 0) is 74.7 Å². The zero-order valence-electron chi connectivity index (χ0n) is 19.7. The van der Waals surface area contributed by atoms with Gasteiger partial charge < -0.3 is 20.0 Å². The van der Waals surface area contributed by atoms with E-state index >= 15 is 0 Å². The van der Waals surface area contributed by atoms with Crippen molar-refractivity contribution in [2.24, 2.45) is 39.2 Å². The van der Waals surface area contributed by atoms with E-state index in [2.05, 4.69) is 33.0 Å². The Morgan fingerprint density at radius 2 is 1.87 bits per heavy atom. The topological polar surface area (TPSA) is 66.4 Å². The first-order chi connectivity index (χ1) is 14.2. The van der Waals surface area contributed by atoms with Crippen LogP contribution in [0.25, 0.3) is 0 Å². The highest BCUT2D eigenvalue weighted by molar-refractivity contribution is 5.92. The van der Waals surface area contributed by atoms with E-state index < -0.39 is 0 Å². The zero-order valence-corrected chi connectivity index (χ0v) is 20.5. The van der Waals surface area contributed by atoms with Crippen molar-refractivity contribution in [2.45, 2.75) is 103 Å². The lowest BCUT2D eigenvalue weighted by molar-refractivity contribution is -0.118. The summed E-state index contributed by atoms with van der Waals surface area (Å²) in [6.45, 7) is 11.6. The quantitative estimate of drug-likeness (QED) is 0.483. The van der Waals surface area contributed by atoms with Gasteiger partial charge >= 0.3 is 0 Å². The molecule has 2 saturated heterocycles. The summed E-state index contributed by atoms with van der Waals surface area (Å²) in [6, 6.07) is 0. The lowest BCUT2D eigenvalue weighted by Gasteiger charge is -2.61. The van der Waals surface area contributed by atoms with E-state index in [0.717, 1.165) is 38.8 Å². The number of nitrogens with one attached hydrogen (secondary N) is 1. The van der Waals surface area contributed by atoms with E-state index in [1.807, 2.05) is 0 Å². The Bertz CT molecular complexity index is 768. The van der Waals surface area contributed by atoms with Gasteiger partial charge in [-0.15, -0.1) is 12.4 Å². The standard InChI is InChI=1S/C25H40N2O3.ClH/c1-22(2)19(27-30-15-9-12-26-14-15)8-11-24(4)18-7-10-23(3)17(5-6-20(23)28)16(18)13-21-25(22,24)29-21;/h15-18,20-21,26,28H,5-14H2,1-4H3;1H/b27-19-;/t15-,16+,17+,18+,20+,21+,23+,24-,25-;/m1./s1. The van der Waals surface area contributed by atoms with E-state index in [1.54, 1.807) is 0 Å². The summed E-state index contributed by atoms with van der Waals surface area (Å²) in [4.78, 5) is 5.98. The molecule has 0 aromatic carbocycles. The molecule has 31 heavy (non-hydrogen) atoms. The monoisotopic (exact) mass is 452 g/mol. The first-order valence-electron chi connectivity index (χ1n) is 12.5. The molecule has 176 valence electrons. The second kappa shape index (κ2) is 7.07. The molecule has 0 aromatic heterocycles. The van der Waals surface area contributed by atoms with E-state index in [9.17, 15) is 5.11 Å². The van der Waals surface area contributed by atoms with Gasteiger partial charge in [-0.25, -0.2) is 0 Å². The van der Waals surface area contributed by atoms with Crippen LogP contribution in [0, 0.1) is 34.0 Å². The van der Waals surface area contributed by atoms with Crippen molar-refractivity contribution >= 4 is 18.1 Å². The largest absolute Gasteiger partial charge is 0.393 e.